The molecule has 9 aromatic carbocycles. The first-order valence-electron chi connectivity index (χ1n) is 37.2. The molecule has 0 unspecified atom stereocenters. The Morgan fingerprint density at radius 1 is 0.301 bits per heavy atom. The lowest BCUT2D eigenvalue weighted by molar-refractivity contribution is 0.173. The molecule has 5 heteroatoms. The molecular formula is C98H104O2S3. The van der Waals surface area contributed by atoms with Crippen LogP contribution in [0.5, 0.6) is 11.5 Å². The smallest absolute Gasteiger partial charge is 0.180 e. The maximum absolute atomic E-state index is 5.96. The zero-order chi connectivity index (χ0) is 73.8. The lowest BCUT2D eigenvalue weighted by Crippen LogP contribution is -2.15. The number of rotatable bonds is 6. The summed E-state index contributed by atoms with van der Waals surface area (Å²) in [7, 11) is 0. The monoisotopic (exact) mass is 1410 g/mol. The summed E-state index contributed by atoms with van der Waals surface area (Å²) in [6, 6.07) is 68.3. The Labute approximate surface area is 629 Å². The summed E-state index contributed by atoms with van der Waals surface area (Å²) >= 11 is 5.56. The van der Waals surface area contributed by atoms with Crippen LogP contribution in [-0.2, 0) is 21.7 Å². The van der Waals surface area contributed by atoms with Crippen molar-refractivity contribution in [3.05, 3.63) is 297 Å². The van der Waals surface area contributed by atoms with E-state index in [0.29, 0.717) is 13.2 Å². The average molecular weight is 1410 g/mol. The molecule has 0 spiro atoms. The van der Waals surface area contributed by atoms with Crippen molar-refractivity contribution >= 4 is 52.2 Å². The summed E-state index contributed by atoms with van der Waals surface area (Å²) in [5.41, 5.74) is 38.7. The van der Waals surface area contributed by atoms with Gasteiger partial charge >= 0.3 is 0 Å². The summed E-state index contributed by atoms with van der Waals surface area (Å²) < 4.78 is 11.8. The minimum Gasteiger partial charge on any atom is -0.485 e. The molecule has 5 aliphatic rings. The van der Waals surface area contributed by atoms with Gasteiger partial charge in [-0.25, -0.2) is 0 Å². The van der Waals surface area contributed by atoms with Crippen molar-refractivity contribution in [2.24, 2.45) is 0 Å². The van der Waals surface area contributed by atoms with Crippen LogP contribution >= 0.6 is 34.0 Å². The molecule has 0 amide bonds. The largest absolute Gasteiger partial charge is 0.485 e. The van der Waals surface area contributed by atoms with Crippen molar-refractivity contribution in [3.8, 4) is 87.3 Å². The highest BCUT2D eigenvalue weighted by Crippen LogP contribution is 2.56. The highest BCUT2D eigenvalue weighted by atomic mass is 32.1. The topological polar surface area (TPSA) is 18.5 Å². The molecule has 103 heavy (non-hydrogen) atoms. The number of ether oxygens (including phenoxy) is 2. The average Bonchev–Trinajstić information content (AvgIpc) is 1.59. The Bertz CT molecular complexity index is 5250. The third-order valence-corrected chi connectivity index (χ3v) is 25.4. The van der Waals surface area contributed by atoms with Gasteiger partial charge in [-0.2, -0.15) is 0 Å². The zero-order valence-corrected chi connectivity index (χ0v) is 67.5. The molecule has 4 heterocycles. The van der Waals surface area contributed by atoms with Gasteiger partial charge in [0.05, 0.1) is 4.88 Å². The Balaban J connectivity index is 0.000000128. The van der Waals surface area contributed by atoms with Crippen LogP contribution in [-0.4, -0.2) is 13.2 Å². The summed E-state index contributed by atoms with van der Waals surface area (Å²) in [6.45, 7) is 49.8. The van der Waals surface area contributed by atoms with Crippen LogP contribution in [0.25, 0.3) is 94.1 Å². The van der Waals surface area contributed by atoms with Gasteiger partial charge in [-0.1, -0.05) is 281 Å². The Hall–Kier alpha value is -8.84. The Kier molecular flexibility index (Phi) is 21.1. The summed E-state index contributed by atoms with van der Waals surface area (Å²) in [5.74, 6) is 1.85. The fourth-order valence-corrected chi connectivity index (χ4v) is 19.0. The standard InChI is InChI=1S/C27H26.C23H22O2S.C23H24S.C21H20S.2C2H6/c1-5-6-20-8-10-21(11-9-20)12-13-22-14-16-24-23-15-7-19(2)17-25(23)27(3,4)26(24)18-22;1-13-5-7-16-17-8-6-15(12-19(17)23(3,4)18(16)11-13)22-21-20(14(2)26-22)24-9-10-25-21;1-13-7-9-18-19-10-8-17(22-15(3)14(2)16(4)24-22)12-21(19)23(5,6)20(18)11-13;1-13-5-8-16-17-9-7-15(20-10-6-14(2)22-20)12-19(17)21(3,4)18(16)11-13;2*1-2/h5-18H,1-4H3;5-8,11-12H,9-10H2,1-4H3;7-12H,1-6H3;5-12H,1-4H3;2*1-2H3/b6-5+,13-12+;;;;;. The number of allylic oxidation sites excluding steroid dienone is 1. The van der Waals surface area contributed by atoms with Crippen LogP contribution in [0.1, 0.15) is 199 Å². The van der Waals surface area contributed by atoms with Crippen molar-refractivity contribution in [3.63, 3.8) is 0 Å². The molecule has 526 valence electrons. The second kappa shape index (κ2) is 29.4. The van der Waals surface area contributed by atoms with Gasteiger partial charge in [-0.15, -0.1) is 34.0 Å². The molecule has 0 atom stereocenters. The van der Waals surface area contributed by atoms with Crippen molar-refractivity contribution < 1.29 is 9.47 Å². The maximum atomic E-state index is 5.96. The van der Waals surface area contributed by atoms with Gasteiger partial charge in [0.1, 0.15) is 13.2 Å². The zero-order valence-electron chi connectivity index (χ0n) is 65.1. The minimum atomic E-state index is 0.0103. The first-order valence-corrected chi connectivity index (χ1v) is 39.7. The predicted molar refractivity (Wildman–Crippen MR) is 452 cm³/mol. The highest BCUT2D eigenvalue weighted by Gasteiger charge is 2.40. The fraction of sp³-hybridized carbons (Fsp3) is 0.286. The van der Waals surface area contributed by atoms with E-state index in [9.17, 15) is 0 Å². The van der Waals surface area contributed by atoms with Crippen LogP contribution in [0.4, 0.5) is 0 Å². The second-order valence-corrected chi connectivity index (χ2v) is 34.0. The van der Waals surface area contributed by atoms with Gasteiger partial charge in [0.15, 0.2) is 11.5 Å². The van der Waals surface area contributed by atoms with E-state index in [-0.39, 0.29) is 21.7 Å². The van der Waals surface area contributed by atoms with E-state index in [1.54, 1.807) is 11.3 Å². The Morgan fingerprint density at radius 2 is 0.631 bits per heavy atom. The van der Waals surface area contributed by atoms with E-state index < -0.39 is 0 Å². The van der Waals surface area contributed by atoms with Crippen LogP contribution in [0.3, 0.4) is 0 Å². The molecule has 1 aliphatic heterocycles. The summed E-state index contributed by atoms with van der Waals surface area (Å²) in [5, 5.41) is 0. The van der Waals surface area contributed by atoms with Gasteiger partial charge in [0.2, 0.25) is 0 Å². The quantitative estimate of drug-likeness (QED) is 0.155. The highest BCUT2D eigenvalue weighted by molar-refractivity contribution is 7.16. The van der Waals surface area contributed by atoms with E-state index in [1.807, 2.05) is 57.3 Å². The van der Waals surface area contributed by atoms with E-state index >= 15 is 0 Å². The molecule has 0 N–H and O–H groups in total. The Morgan fingerprint density at radius 3 is 1.03 bits per heavy atom. The summed E-state index contributed by atoms with van der Waals surface area (Å²) in [6.07, 6.45) is 8.60. The van der Waals surface area contributed by atoms with Crippen LogP contribution < -0.4 is 9.47 Å². The van der Waals surface area contributed by atoms with Gasteiger partial charge in [-0.05, 0) is 233 Å². The van der Waals surface area contributed by atoms with E-state index in [1.165, 1.54) is 185 Å². The molecule has 3 aromatic heterocycles. The van der Waals surface area contributed by atoms with E-state index in [4.69, 9.17) is 9.47 Å². The number of hydrogen-bond donors (Lipinski definition) is 0. The predicted octanol–water partition coefficient (Wildman–Crippen LogP) is 29.0. The lowest BCUT2D eigenvalue weighted by Gasteiger charge is -2.22. The van der Waals surface area contributed by atoms with Gasteiger partial charge < -0.3 is 9.47 Å². The molecule has 12 aromatic rings. The molecule has 2 nitrogen and oxygen atoms in total. The molecule has 0 saturated heterocycles. The number of aryl methyl sites for hydroxylation is 7. The molecule has 4 aliphatic carbocycles. The molecule has 0 bridgehead atoms. The van der Waals surface area contributed by atoms with Gasteiger partial charge in [0.25, 0.3) is 0 Å². The number of thiophene rings is 3. The third-order valence-electron chi connectivity index (χ3n) is 21.9. The molecular weight excluding hydrogens is 1310 g/mol. The van der Waals surface area contributed by atoms with Crippen molar-refractivity contribution in [2.75, 3.05) is 13.2 Å². The van der Waals surface area contributed by atoms with Crippen LogP contribution in [0, 0.1) is 62.3 Å². The molecule has 0 saturated carbocycles. The second-order valence-electron chi connectivity index (χ2n) is 30.3. The third kappa shape index (κ3) is 13.8. The van der Waals surface area contributed by atoms with E-state index in [2.05, 4.69) is 324 Å². The fourth-order valence-electron chi connectivity index (χ4n) is 16.0. The molecule has 17 rings (SSSR count). The number of fused-ring (bicyclic) bond motifs is 13. The number of benzene rings is 9. The van der Waals surface area contributed by atoms with Crippen LogP contribution in [0.2, 0.25) is 0 Å². The van der Waals surface area contributed by atoms with Crippen molar-refractivity contribution in [1.29, 1.82) is 0 Å². The first-order chi connectivity index (χ1) is 49.2. The van der Waals surface area contributed by atoms with Crippen molar-refractivity contribution in [2.45, 2.75) is 174 Å². The number of hydrogen-bond acceptors (Lipinski definition) is 5. The van der Waals surface area contributed by atoms with Gasteiger partial charge in [-0.3, -0.25) is 0 Å². The summed E-state index contributed by atoms with van der Waals surface area (Å²) in [4.78, 5) is 7.96. The molecule has 0 radical (unpaired) electrons. The maximum Gasteiger partial charge on any atom is 0.180 e. The molecule has 0 fully saturated rings. The lowest BCUT2D eigenvalue weighted by atomic mass is 9.81. The van der Waals surface area contributed by atoms with E-state index in [0.717, 1.165) is 11.5 Å². The SMILES string of the molecule is C/C=C/c1ccc(/C=C/c2ccc3c(c2)C(C)(C)c2cc(C)ccc2-3)cc1.CC.CC.Cc1ccc2c(c1)C(C)(C)c1cc(-c3ccc(C)s3)ccc1-2.Cc1ccc2c(c1)C(C)(C)c1cc(-c3sc(C)c(C)c3C)ccc1-2.Cc1ccc2c(c1)C(C)(C)c1cc(-c3sc(C)c4c3OCCO4)ccc1-2. The van der Waals surface area contributed by atoms with Gasteiger partial charge in [0, 0.05) is 46.0 Å². The minimum absolute atomic E-state index is 0.0103. The van der Waals surface area contributed by atoms with Crippen molar-refractivity contribution in [1.82, 2.24) is 0 Å². The first kappa shape index (κ1) is 73.9. The van der Waals surface area contributed by atoms with Crippen LogP contribution in [0.15, 0.2) is 188 Å². The normalized spacial score (nSPS) is 14.6.